The summed E-state index contributed by atoms with van der Waals surface area (Å²) in [6, 6.07) is 9.95. The van der Waals surface area contributed by atoms with Gasteiger partial charge in [0.05, 0.1) is 18.5 Å². The Balaban J connectivity index is 2.10. The fraction of sp³-hybridized carbons (Fsp3) is 0.125. The van der Waals surface area contributed by atoms with Crippen molar-refractivity contribution in [2.75, 3.05) is 12.4 Å². The Bertz CT molecular complexity index is 793. The van der Waals surface area contributed by atoms with E-state index < -0.39 is 17.2 Å². The van der Waals surface area contributed by atoms with Gasteiger partial charge in [-0.05, 0) is 43.4 Å². The van der Waals surface area contributed by atoms with Gasteiger partial charge in [0.15, 0.2) is 16.6 Å². The molecule has 0 atom stereocenters. The highest BCUT2D eigenvalue weighted by atomic mass is 32.1. The number of para-hydroxylation sites is 2. The minimum atomic E-state index is -0.600. The number of phenols is 3. The van der Waals surface area contributed by atoms with Gasteiger partial charge in [-0.15, -0.1) is 0 Å². The Morgan fingerprint density at radius 3 is 2.50 bits per heavy atom. The van der Waals surface area contributed by atoms with E-state index in [9.17, 15) is 15.3 Å². The molecule has 0 aliphatic carbocycles. The second-order valence-corrected chi connectivity index (χ2v) is 5.20. The molecule has 7 nitrogen and oxygen atoms in total. The number of anilines is 1. The van der Waals surface area contributed by atoms with E-state index in [4.69, 9.17) is 17.0 Å². The van der Waals surface area contributed by atoms with Crippen LogP contribution in [0.5, 0.6) is 23.0 Å². The molecular formula is C16H17N3O4S. The van der Waals surface area contributed by atoms with Gasteiger partial charge in [-0.25, -0.2) is 0 Å². The van der Waals surface area contributed by atoms with Crippen LogP contribution in [-0.2, 0) is 0 Å². The number of hydrogen-bond donors (Lipinski definition) is 5. The molecule has 0 saturated heterocycles. The summed E-state index contributed by atoms with van der Waals surface area (Å²) >= 11 is 5.15. The van der Waals surface area contributed by atoms with Gasteiger partial charge in [0.2, 0.25) is 5.75 Å². The first-order chi connectivity index (χ1) is 11.4. The minimum absolute atomic E-state index is 0.223. The number of hydrazone groups is 1. The maximum atomic E-state index is 9.83. The van der Waals surface area contributed by atoms with Crippen molar-refractivity contribution in [3.8, 4) is 23.0 Å². The smallest absolute Gasteiger partial charge is 0.200 e. The van der Waals surface area contributed by atoms with Crippen LogP contribution in [-0.4, -0.2) is 33.3 Å². The first-order valence-corrected chi connectivity index (χ1v) is 7.33. The maximum Gasteiger partial charge on any atom is 0.200 e. The van der Waals surface area contributed by atoms with Gasteiger partial charge in [-0.3, -0.25) is 5.43 Å². The monoisotopic (exact) mass is 347 g/mol. The van der Waals surface area contributed by atoms with Gasteiger partial charge in [0.1, 0.15) is 5.75 Å². The predicted octanol–water partition coefficient (Wildman–Crippen LogP) is 2.52. The van der Waals surface area contributed by atoms with Crippen LogP contribution in [0.2, 0.25) is 0 Å². The first-order valence-electron chi connectivity index (χ1n) is 6.92. The van der Waals surface area contributed by atoms with E-state index >= 15 is 0 Å². The van der Waals surface area contributed by atoms with E-state index in [-0.39, 0.29) is 10.7 Å². The molecule has 0 aromatic heterocycles. The number of aromatic hydroxyl groups is 3. The number of thiocarbonyl (C=S) groups is 1. The highest BCUT2D eigenvalue weighted by Gasteiger charge is 2.13. The molecule has 8 heteroatoms. The van der Waals surface area contributed by atoms with Crippen molar-refractivity contribution in [3.63, 3.8) is 0 Å². The van der Waals surface area contributed by atoms with Crippen LogP contribution in [0.4, 0.5) is 5.69 Å². The largest absolute Gasteiger partial charge is 0.504 e. The molecular weight excluding hydrogens is 330 g/mol. The number of rotatable bonds is 4. The fourth-order valence-electron chi connectivity index (χ4n) is 1.95. The molecule has 0 unspecified atom stereocenters. The summed E-state index contributed by atoms with van der Waals surface area (Å²) in [7, 11) is 1.55. The van der Waals surface area contributed by atoms with Crippen molar-refractivity contribution >= 4 is 28.7 Å². The average molecular weight is 347 g/mol. The predicted molar refractivity (Wildman–Crippen MR) is 96.0 cm³/mol. The van der Waals surface area contributed by atoms with E-state index in [1.54, 1.807) is 26.2 Å². The van der Waals surface area contributed by atoms with E-state index in [0.29, 0.717) is 17.1 Å². The molecule has 2 rings (SSSR count). The normalized spacial score (nSPS) is 11.0. The van der Waals surface area contributed by atoms with Crippen LogP contribution in [0.3, 0.4) is 0 Å². The SMILES string of the molecule is COc1ccccc1NC(=S)N/N=C(/C)c1ccc(O)c(O)c1O. The van der Waals surface area contributed by atoms with Crippen LogP contribution < -0.4 is 15.5 Å². The molecule has 2 aromatic rings. The molecule has 24 heavy (non-hydrogen) atoms. The Labute approximate surface area is 144 Å². The van der Waals surface area contributed by atoms with Gasteiger partial charge in [-0.1, -0.05) is 12.1 Å². The lowest BCUT2D eigenvalue weighted by molar-refractivity contribution is 0.367. The number of methoxy groups -OCH3 is 1. The van der Waals surface area contributed by atoms with Gasteiger partial charge < -0.3 is 25.4 Å². The van der Waals surface area contributed by atoms with Gasteiger partial charge >= 0.3 is 0 Å². The first kappa shape index (κ1) is 17.4. The zero-order valence-electron chi connectivity index (χ0n) is 13.1. The molecule has 0 bridgehead atoms. The second kappa shape index (κ2) is 7.51. The quantitative estimate of drug-likeness (QED) is 0.250. The average Bonchev–Trinajstić information content (AvgIpc) is 2.58. The third kappa shape index (κ3) is 3.85. The summed E-state index contributed by atoms with van der Waals surface area (Å²) < 4.78 is 5.21. The minimum Gasteiger partial charge on any atom is -0.504 e. The van der Waals surface area contributed by atoms with Crippen molar-refractivity contribution in [1.29, 1.82) is 0 Å². The molecule has 0 heterocycles. The Morgan fingerprint density at radius 2 is 1.79 bits per heavy atom. The lowest BCUT2D eigenvalue weighted by Gasteiger charge is -2.12. The van der Waals surface area contributed by atoms with Crippen LogP contribution in [0, 0.1) is 0 Å². The lowest BCUT2D eigenvalue weighted by atomic mass is 10.1. The Kier molecular flexibility index (Phi) is 5.43. The summed E-state index contributed by atoms with van der Waals surface area (Å²) in [4.78, 5) is 0. The van der Waals surface area contributed by atoms with Crippen molar-refractivity contribution in [2.24, 2.45) is 5.10 Å². The number of phenolic OH excluding ortho intramolecular Hbond substituents is 3. The maximum absolute atomic E-state index is 9.83. The van der Waals surface area contributed by atoms with Gasteiger partial charge in [0.25, 0.3) is 0 Å². The van der Waals surface area contributed by atoms with Crippen LogP contribution in [0.25, 0.3) is 0 Å². The number of benzene rings is 2. The lowest BCUT2D eigenvalue weighted by Crippen LogP contribution is -2.25. The van der Waals surface area contributed by atoms with Crippen molar-refractivity contribution in [2.45, 2.75) is 6.92 Å². The molecule has 0 aliphatic heterocycles. The third-order valence-electron chi connectivity index (χ3n) is 3.20. The number of nitrogens with zero attached hydrogens (tertiary/aromatic N) is 1. The zero-order valence-corrected chi connectivity index (χ0v) is 13.9. The standard InChI is InChI=1S/C16H17N3O4S/c1-9(10-7-8-12(20)15(22)14(10)21)18-19-16(24)17-11-5-3-4-6-13(11)23-2/h3-8,20-22H,1-2H3,(H2,17,19,24)/b18-9-. The van der Waals surface area contributed by atoms with Crippen LogP contribution in [0.15, 0.2) is 41.5 Å². The molecule has 126 valence electrons. The summed E-state index contributed by atoms with van der Waals surface area (Å²) in [6.45, 7) is 1.62. The summed E-state index contributed by atoms with van der Waals surface area (Å²) in [5, 5.41) is 35.9. The van der Waals surface area contributed by atoms with Crippen molar-refractivity contribution < 1.29 is 20.1 Å². The van der Waals surface area contributed by atoms with E-state index in [1.807, 2.05) is 12.1 Å². The zero-order chi connectivity index (χ0) is 17.7. The Hall–Kier alpha value is -3.00. The van der Waals surface area contributed by atoms with Crippen LogP contribution in [0.1, 0.15) is 12.5 Å². The third-order valence-corrected chi connectivity index (χ3v) is 3.39. The molecule has 0 saturated carbocycles. The van der Waals surface area contributed by atoms with Crippen molar-refractivity contribution in [3.05, 3.63) is 42.0 Å². The molecule has 5 N–H and O–H groups in total. The fourth-order valence-corrected chi connectivity index (χ4v) is 2.11. The van der Waals surface area contributed by atoms with E-state index in [0.717, 1.165) is 0 Å². The topological polar surface area (TPSA) is 106 Å². The van der Waals surface area contributed by atoms with Crippen molar-refractivity contribution in [1.82, 2.24) is 5.43 Å². The number of ether oxygens (including phenoxy) is 1. The molecule has 2 aromatic carbocycles. The highest BCUT2D eigenvalue weighted by molar-refractivity contribution is 7.80. The molecule has 0 fully saturated rings. The highest BCUT2D eigenvalue weighted by Crippen LogP contribution is 2.37. The van der Waals surface area contributed by atoms with Crippen LogP contribution >= 0.6 is 12.2 Å². The number of nitrogens with one attached hydrogen (secondary N) is 2. The number of hydrogen-bond acceptors (Lipinski definition) is 6. The van der Waals surface area contributed by atoms with Gasteiger partial charge in [0, 0.05) is 5.56 Å². The summed E-state index contributed by atoms with van der Waals surface area (Å²) in [5.74, 6) is -0.841. The van der Waals surface area contributed by atoms with Gasteiger partial charge in [-0.2, -0.15) is 5.10 Å². The second-order valence-electron chi connectivity index (χ2n) is 4.79. The molecule has 0 amide bonds. The summed E-state index contributed by atoms with van der Waals surface area (Å²) in [5.41, 5.74) is 3.95. The van der Waals surface area contributed by atoms with E-state index in [1.165, 1.54) is 12.1 Å². The Morgan fingerprint density at radius 1 is 1.08 bits per heavy atom. The van der Waals surface area contributed by atoms with E-state index in [2.05, 4.69) is 15.8 Å². The summed E-state index contributed by atoms with van der Waals surface area (Å²) in [6.07, 6.45) is 0. The molecule has 0 aliphatic rings. The molecule has 0 spiro atoms. The molecule has 0 radical (unpaired) electrons.